The summed E-state index contributed by atoms with van der Waals surface area (Å²) in [6.07, 6.45) is 8.49. The van der Waals surface area contributed by atoms with Gasteiger partial charge in [-0.15, -0.1) is 0 Å². The molecule has 2 aromatic carbocycles. The van der Waals surface area contributed by atoms with Crippen molar-refractivity contribution in [3.05, 3.63) is 65.7 Å². The van der Waals surface area contributed by atoms with Crippen LogP contribution in [0.5, 0.6) is 17.2 Å². The second kappa shape index (κ2) is 12.0. The van der Waals surface area contributed by atoms with Crippen molar-refractivity contribution in [2.24, 2.45) is 0 Å². The van der Waals surface area contributed by atoms with E-state index in [1.165, 1.54) is 5.56 Å². The molecule has 3 rings (SSSR count). The van der Waals surface area contributed by atoms with E-state index in [0.717, 1.165) is 38.3 Å². The lowest BCUT2D eigenvalue weighted by atomic mass is 10.1. The van der Waals surface area contributed by atoms with Crippen molar-refractivity contribution < 1.29 is 19.0 Å². The first-order valence-electron chi connectivity index (χ1n) is 10.8. The molecule has 1 fully saturated rings. The Kier molecular flexibility index (Phi) is 8.75. The number of benzene rings is 2. The van der Waals surface area contributed by atoms with Crippen LogP contribution in [0.2, 0.25) is 0 Å². The summed E-state index contributed by atoms with van der Waals surface area (Å²) in [5, 5.41) is 0. The zero-order valence-corrected chi connectivity index (χ0v) is 19.1. The van der Waals surface area contributed by atoms with E-state index < -0.39 is 0 Å². The molecule has 0 bridgehead atoms. The Bertz CT molecular complexity index is 907. The Morgan fingerprint density at radius 3 is 2.06 bits per heavy atom. The number of hydrogen-bond acceptors (Lipinski definition) is 5. The lowest BCUT2D eigenvalue weighted by Crippen LogP contribution is -2.48. The summed E-state index contributed by atoms with van der Waals surface area (Å²) in [5.41, 5.74) is 2.10. The minimum absolute atomic E-state index is 0.146. The van der Waals surface area contributed by atoms with E-state index in [2.05, 4.69) is 29.2 Å². The highest BCUT2D eigenvalue weighted by Gasteiger charge is 2.19. The number of ether oxygens (including phenoxy) is 3. The third kappa shape index (κ3) is 6.37. The summed E-state index contributed by atoms with van der Waals surface area (Å²) in [4.78, 5) is 16.9. The first-order chi connectivity index (χ1) is 15.6. The fraction of sp³-hybridized carbons (Fsp3) is 0.346. The Hall–Kier alpha value is -3.25. The summed E-state index contributed by atoms with van der Waals surface area (Å²) >= 11 is 0. The largest absolute Gasteiger partial charge is 0.493 e. The zero-order valence-electron chi connectivity index (χ0n) is 19.1. The average Bonchev–Trinajstić information content (AvgIpc) is 2.84. The molecular formula is C26H32N2O4. The maximum absolute atomic E-state index is 12.6. The summed E-state index contributed by atoms with van der Waals surface area (Å²) in [6, 6.07) is 14.0. The summed E-state index contributed by atoms with van der Waals surface area (Å²) in [6.45, 7) is 4.20. The third-order valence-corrected chi connectivity index (χ3v) is 5.49. The Balaban J connectivity index is 1.47. The molecule has 6 heteroatoms. The highest BCUT2D eigenvalue weighted by atomic mass is 16.5. The van der Waals surface area contributed by atoms with E-state index >= 15 is 0 Å². The van der Waals surface area contributed by atoms with Crippen LogP contribution < -0.4 is 14.2 Å². The van der Waals surface area contributed by atoms with E-state index in [1.54, 1.807) is 21.3 Å². The lowest BCUT2D eigenvalue weighted by molar-refractivity contribution is -0.131. The van der Waals surface area contributed by atoms with Gasteiger partial charge in [-0.05, 0) is 23.3 Å². The van der Waals surface area contributed by atoms with Crippen LogP contribution in [0.4, 0.5) is 0 Å². The van der Waals surface area contributed by atoms with Crippen molar-refractivity contribution in [3.8, 4) is 17.2 Å². The monoisotopic (exact) mass is 436 g/mol. The molecule has 0 aliphatic carbocycles. The normalized spacial score (nSPS) is 14.8. The molecule has 170 valence electrons. The molecule has 0 saturated carbocycles. The van der Waals surface area contributed by atoms with Gasteiger partial charge in [0, 0.05) is 39.1 Å². The minimum atomic E-state index is 0.146. The van der Waals surface area contributed by atoms with Gasteiger partial charge >= 0.3 is 0 Å². The second-order valence-corrected chi connectivity index (χ2v) is 7.56. The SMILES string of the molecule is COc1cc(C=CCC(=O)N2CCN(CC=Cc3ccccc3)CC2)cc(OC)c1OC. The van der Waals surface area contributed by atoms with E-state index in [-0.39, 0.29) is 5.91 Å². The van der Waals surface area contributed by atoms with Crippen molar-refractivity contribution in [2.75, 3.05) is 54.1 Å². The minimum Gasteiger partial charge on any atom is -0.493 e. The van der Waals surface area contributed by atoms with Gasteiger partial charge in [0.15, 0.2) is 11.5 Å². The third-order valence-electron chi connectivity index (χ3n) is 5.49. The van der Waals surface area contributed by atoms with E-state index in [1.807, 2.05) is 47.4 Å². The predicted molar refractivity (Wildman–Crippen MR) is 128 cm³/mol. The Labute approximate surface area is 190 Å². The van der Waals surface area contributed by atoms with E-state index in [4.69, 9.17) is 14.2 Å². The first kappa shape index (κ1) is 23.4. The molecule has 1 aliphatic heterocycles. The first-order valence-corrected chi connectivity index (χ1v) is 10.8. The highest BCUT2D eigenvalue weighted by Crippen LogP contribution is 2.38. The van der Waals surface area contributed by atoms with Crippen LogP contribution in [0, 0.1) is 0 Å². The van der Waals surface area contributed by atoms with Crippen molar-refractivity contribution in [3.63, 3.8) is 0 Å². The van der Waals surface area contributed by atoms with Gasteiger partial charge in [-0.2, -0.15) is 0 Å². The Morgan fingerprint density at radius 2 is 1.47 bits per heavy atom. The molecule has 32 heavy (non-hydrogen) atoms. The number of hydrogen-bond donors (Lipinski definition) is 0. The number of rotatable bonds is 9. The predicted octanol–water partition coefficient (Wildman–Crippen LogP) is 3.97. The number of nitrogens with zero attached hydrogens (tertiary/aromatic N) is 2. The molecule has 2 aromatic rings. The maximum atomic E-state index is 12.6. The van der Waals surface area contributed by atoms with Crippen LogP contribution in [-0.2, 0) is 4.79 Å². The molecule has 1 saturated heterocycles. The molecule has 1 heterocycles. The van der Waals surface area contributed by atoms with Crippen LogP contribution >= 0.6 is 0 Å². The van der Waals surface area contributed by atoms with Gasteiger partial charge in [-0.3, -0.25) is 9.69 Å². The smallest absolute Gasteiger partial charge is 0.226 e. The van der Waals surface area contributed by atoms with Crippen molar-refractivity contribution in [1.82, 2.24) is 9.80 Å². The fourth-order valence-corrected chi connectivity index (χ4v) is 3.70. The van der Waals surface area contributed by atoms with E-state index in [0.29, 0.717) is 23.7 Å². The average molecular weight is 437 g/mol. The molecular weight excluding hydrogens is 404 g/mol. The Morgan fingerprint density at radius 1 is 0.844 bits per heavy atom. The molecule has 6 nitrogen and oxygen atoms in total. The van der Waals surface area contributed by atoms with Crippen LogP contribution in [0.25, 0.3) is 12.2 Å². The number of piperazine rings is 1. The number of carbonyl (C=O) groups excluding carboxylic acids is 1. The molecule has 0 N–H and O–H groups in total. The number of carbonyl (C=O) groups is 1. The van der Waals surface area contributed by atoms with Crippen LogP contribution in [0.1, 0.15) is 17.5 Å². The fourth-order valence-electron chi connectivity index (χ4n) is 3.70. The zero-order chi connectivity index (χ0) is 22.8. The molecule has 0 atom stereocenters. The molecule has 1 aliphatic rings. The topological polar surface area (TPSA) is 51.2 Å². The van der Waals surface area contributed by atoms with Gasteiger partial charge in [0.25, 0.3) is 0 Å². The van der Waals surface area contributed by atoms with E-state index in [9.17, 15) is 4.79 Å². The molecule has 0 spiro atoms. The van der Waals surface area contributed by atoms with Gasteiger partial charge in [0.1, 0.15) is 0 Å². The van der Waals surface area contributed by atoms with Crippen molar-refractivity contribution in [2.45, 2.75) is 6.42 Å². The summed E-state index contributed by atoms with van der Waals surface area (Å²) < 4.78 is 16.1. The highest BCUT2D eigenvalue weighted by molar-refractivity contribution is 5.79. The maximum Gasteiger partial charge on any atom is 0.226 e. The number of amides is 1. The number of methoxy groups -OCH3 is 3. The van der Waals surface area contributed by atoms with Gasteiger partial charge in [-0.1, -0.05) is 54.6 Å². The quantitative estimate of drug-likeness (QED) is 0.595. The van der Waals surface area contributed by atoms with Gasteiger partial charge in [0.05, 0.1) is 21.3 Å². The van der Waals surface area contributed by atoms with Crippen LogP contribution in [0.3, 0.4) is 0 Å². The molecule has 0 radical (unpaired) electrons. The van der Waals surface area contributed by atoms with Crippen LogP contribution in [0.15, 0.2) is 54.6 Å². The van der Waals surface area contributed by atoms with Gasteiger partial charge < -0.3 is 19.1 Å². The van der Waals surface area contributed by atoms with Crippen molar-refractivity contribution in [1.29, 1.82) is 0 Å². The molecule has 0 unspecified atom stereocenters. The summed E-state index contributed by atoms with van der Waals surface area (Å²) in [7, 11) is 4.75. The summed E-state index contributed by atoms with van der Waals surface area (Å²) in [5.74, 6) is 1.89. The second-order valence-electron chi connectivity index (χ2n) is 7.56. The van der Waals surface area contributed by atoms with Gasteiger partial charge in [-0.25, -0.2) is 0 Å². The molecule has 1 amide bonds. The standard InChI is InChI=1S/C26H32N2O4/c1-30-23-19-22(20-24(31-2)26(23)32-3)11-7-13-25(29)28-17-15-27(16-18-28)14-8-12-21-9-5-4-6-10-21/h4-12,19-20H,13-18H2,1-3H3. The molecule has 0 aromatic heterocycles. The lowest BCUT2D eigenvalue weighted by Gasteiger charge is -2.34. The van der Waals surface area contributed by atoms with Gasteiger partial charge in [0.2, 0.25) is 11.7 Å². The van der Waals surface area contributed by atoms with Crippen LogP contribution in [-0.4, -0.2) is 69.8 Å². The van der Waals surface area contributed by atoms with Crippen molar-refractivity contribution >= 4 is 18.1 Å².